The van der Waals surface area contributed by atoms with E-state index in [4.69, 9.17) is 23.3 Å². The molecule has 1 amide bonds. The van der Waals surface area contributed by atoms with Gasteiger partial charge in [0.1, 0.15) is 5.82 Å². The van der Waals surface area contributed by atoms with Crippen molar-refractivity contribution in [3.8, 4) is 0 Å². The van der Waals surface area contributed by atoms with Crippen molar-refractivity contribution < 1.29 is 78.2 Å². The first-order chi connectivity index (χ1) is 15.1. The van der Waals surface area contributed by atoms with Crippen LogP contribution in [-0.4, -0.2) is 55.7 Å². The van der Waals surface area contributed by atoms with Gasteiger partial charge >= 0.3 is 35.7 Å². The van der Waals surface area contributed by atoms with Gasteiger partial charge in [0, 0.05) is 31.6 Å². The number of carbonyl (C=O) groups is 1. The summed E-state index contributed by atoms with van der Waals surface area (Å²) in [5.74, 6) is -5.15. The number of hydrogen-bond acceptors (Lipinski definition) is 7. The Kier molecular flexibility index (Phi) is 10.5. The van der Waals surface area contributed by atoms with Crippen LogP contribution in [0.15, 0.2) is 12.1 Å². The molecule has 18 heteroatoms. The largest absolute Gasteiger partial charge is 1.00 e. The van der Waals surface area contributed by atoms with Gasteiger partial charge in [-0.15, -0.1) is 10.2 Å². The molecule has 0 radical (unpaired) electrons. The molecule has 0 saturated carbocycles. The molecule has 3 N–H and O–H groups in total. The molecular formula is C16H16F6N5NaO5S. The Hall–Kier alpha value is -1.76. The van der Waals surface area contributed by atoms with Crippen molar-refractivity contribution in [1.29, 1.82) is 0 Å². The SMILES string of the molecule is N[C@@H](CC(=O)N1CCn2c(nnc2C(F)(F)F)C1)Cc1cc(F)c(F)cc1F.O=S(=O)([O-])O.[Na+]. The number of benzene rings is 1. The smallest absolute Gasteiger partial charge is 0.726 e. The fourth-order valence-electron chi connectivity index (χ4n) is 3.01. The van der Waals surface area contributed by atoms with Crippen LogP contribution in [0.25, 0.3) is 0 Å². The van der Waals surface area contributed by atoms with Crippen LogP contribution in [0, 0.1) is 17.5 Å². The molecule has 10 nitrogen and oxygen atoms in total. The topological polar surface area (TPSA) is 154 Å². The maximum Gasteiger partial charge on any atom is 1.00 e. The summed E-state index contributed by atoms with van der Waals surface area (Å²) in [6.45, 7) is -0.302. The molecule has 0 bridgehead atoms. The Labute approximate surface area is 211 Å². The minimum atomic E-state index is -4.92. The fourth-order valence-corrected chi connectivity index (χ4v) is 3.01. The second kappa shape index (κ2) is 11.8. The van der Waals surface area contributed by atoms with Crippen LogP contribution >= 0.6 is 0 Å². The van der Waals surface area contributed by atoms with Crippen molar-refractivity contribution in [3.05, 3.63) is 46.8 Å². The first kappa shape index (κ1) is 30.3. The zero-order valence-corrected chi connectivity index (χ0v) is 20.2. The van der Waals surface area contributed by atoms with E-state index in [2.05, 4.69) is 10.2 Å². The second-order valence-electron chi connectivity index (χ2n) is 6.86. The number of carbonyl (C=O) groups excluding carboxylic acids is 1. The monoisotopic (exact) mass is 527 g/mol. The number of aromatic nitrogens is 3. The average molecular weight is 527 g/mol. The van der Waals surface area contributed by atoms with Crippen molar-refractivity contribution in [2.75, 3.05) is 6.54 Å². The summed E-state index contributed by atoms with van der Waals surface area (Å²) >= 11 is 0. The van der Waals surface area contributed by atoms with Crippen molar-refractivity contribution in [3.63, 3.8) is 0 Å². The molecule has 2 heterocycles. The van der Waals surface area contributed by atoms with Crippen LogP contribution in [0.4, 0.5) is 26.3 Å². The minimum Gasteiger partial charge on any atom is -0.726 e. The van der Waals surface area contributed by atoms with Gasteiger partial charge in [0.05, 0.1) is 6.54 Å². The van der Waals surface area contributed by atoms with Gasteiger partial charge < -0.3 is 19.8 Å². The van der Waals surface area contributed by atoms with Gasteiger partial charge in [-0.2, -0.15) is 13.2 Å². The number of alkyl halides is 3. The maximum atomic E-state index is 13.7. The summed E-state index contributed by atoms with van der Waals surface area (Å²) in [5.41, 5.74) is 5.64. The normalized spacial score (nSPS) is 14.4. The molecule has 1 aliphatic heterocycles. The van der Waals surface area contributed by atoms with E-state index in [1.807, 2.05) is 0 Å². The molecule has 184 valence electrons. The third kappa shape index (κ3) is 8.79. The summed E-state index contributed by atoms with van der Waals surface area (Å²) in [4.78, 5) is 13.6. The van der Waals surface area contributed by atoms with Crippen LogP contribution in [0.3, 0.4) is 0 Å². The summed E-state index contributed by atoms with van der Waals surface area (Å²) in [5, 5.41) is 6.60. The fraction of sp³-hybridized carbons (Fsp3) is 0.438. The van der Waals surface area contributed by atoms with E-state index in [-0.39, 0.29) is 73.4 Å². The summed E-state index contributed by atoms with van der Waals surface area (Å²) < 4.78 is 112. The zero-order chi connectivity index (χ0) is 25.1. The molecule has 0 unspecified atom stereocenters. The molecular weight excluding hydrogens is 511 g/mol. The predicted octanol–water partition coefficient (Wildman–Crippen LogP) is -1.97. The number of amides is 1. The second-order valence-corrected chi connectivity index (χ2v) is 7.71. The van der Waals surface area contributed by atoms with Crippen LogP contribution in [0.1, 0.15) is 23.6 Å². The number of hydrogen-bond donors (Lipinski definition) is 2. The van der Waals surface area contributed by atoms with Crippen molar-refractivity contribution >= 4 is 16.3 Å². The van der Waals surface area contributed by atoms with Crippen LogP contribution < -0.4 is 35.3 Å². The quantitative estimate of drug-likeness (QED) is 0.153. The number of fused-ring (bicyclic) bond motifs is 1. The van der Waals surface area contributed by atoms with Gasteiger partial charge in [-0.1, -0.05) is 0 Å². The first-order valence-corrected chi connectivity index (χ1v) is 10.3. The van der Waals surface area contributed by atoms with E-state index >= 15 is 0 Å². The number of nitrogens with two attached hydrogens (primary N) is 1. The molecule has 1 aromatic heterocycles. The van der Waals surface area contributed by atoms with E-state index in [0.717, 1.165) is 4.57 Å². The maximum absolute atomic E-state index is 13.7. The van der Waals surface area contributed by atoms with Crippen LogP contribution in [0.2, 0.25) is 0 Å². The van der Waals surface area contributed by atoms with Gasteiger partial charge in [0.25, 0.3) is 0 Å². The van der Waals surface area contributed by atoms with Crippen molar-refractivity contribution in [2.45, 2.75) is 38.1 Å². The zero-order valence-electron chi connectivity index (χ0n) is 17.4. The number of halogens is 6. The van der Waals surface area contributed by atoms with E-state index in [1.165, 1.54) is 4.90 Å². The molecule has 0 aliphatic carbocycles. The summed E-state index contributed by atoms with van der Waals surface area (Å²) in [7, 11) is -4.92. The van der Waals surface area contributed by atoms with Gasteiger partial charge in [-0.25, -0.2) is 21.6 Å². The number of rotatable bonds is 4. The molecule has 0 saturated heterocycles. The first-order valence-electron chi connectivity index (χ1n) is 8.90. The third-order valence-corrected chi connectivity index (χ3v) is 4.37. The molecule has 2 aromatic rings. The van der Waals surface area contributed by atoms with E-state index < -0.39 is 51.8 Å². The third-order valence-electron chi connectivity index (χ3n) is 4.37. The molecule has 1 atom stereocenters. The van der Waals surface area contributed by atoms with E-state index in [9.17, 15) is 31.1 Å². The molecule has 3 rings (SSSR count). The van der Waals surface area contributed by atoms with Crippen LogP contribution in [0.5, 0.6) is 0 Å². The number of nitrogens with zero attached hydrogens (tertiary/aromatic N) is 4. The van der Waals surface area contributed by atoms with Gasteiger partial charge in [0.2, 0.25) is 22.1 Å². The Bertz CT molecular complexity index is 1120. The molecule has 1 aliphatic rings. The van der Waals surface area contributed by atoms with E-state index in [1.54, 1.807) is 0 Å². The van der Waals surface area contributed by atoms with E-state index in [0.29, 0.717) is 12.1 Å². The average Bonchev–Trinajstić information content (AvgIpc) is 3.08. The molecule has 34 heavy (non-hydrogen) atoms. The van der Waals surface area contributed by atoms with Gasteiger partial charge in [-0.3, -0.25) is 9.35 Å². The van der Waals surface area contributed by atoms with Crippen molar-refractivity contribution in [1.82, 2.24) is 19.7 Å². The standard InChI is InChI=1S/C16H15F6N5O.Na.H2O4S/c17-10-6-12(19)11(18)4-8(10)3-9(23)5-14(28)26-1-2-27-13(7-26)24-25-15(27)16(20,21)22;;1-5(2,3)4/h4,6,9H,1-3,5,7,23H2;;(H2,1,2,3,4)/q;+1;/p-1/t9-;;/m1../s1. The Balaban J connectivity index is 0.000000873. The van der Waals surface area contributed by atoms with Crippen LogP contribution in [-0.2, 0) is 40.9 Å². The Morgan fingerprint density at radius 3 is 2.26 bits per heavy atom. The van der Waals surface area contributed by atoms with Gasteiger partial charge in [-0.05, 0) is 18.1 Å². The summed E-state index contributed by atoms with van der Waals surface area (Å²) in [6.07, 6.45) is -5.11. The molecule has 0 spiro atoms. The predicted molar refractivity (Wildman–Crippen MR) is 95.4 cm³/mol. The Morgan fingerprint density at radius 1 is 1.15 bits per heavy atom. The Morgan fingerprint density at radius 2 is 1.71 bits per heavy atom. The summed E-state index contributed by atoms with van der Waals surface area (Å²) in [6, 6.07) is 0.184. The molecule has 0 fully saturated rings. The minimum absolute atomic E-state index is 0. The molecule has 1 aromatic carbocycles. The van der Waals surface area contributed by atoms with Crippen molar-refractivity contribution in [2.24, 2.45) is 5.73 Å². The van der Waals surface area contributed by atoms with Gasteiger partial charge in [0.15, 0.2) is 17.5 Å².